The Hall–Kier alpha value is -0.500. The van der Waals surface area contributed by atoms with Crippen LogP contribution in [-0.2, 0) is 9.47 Å². The average Bonchev–Trinajstić information content (AvgIpc) is 2.12. The molecule has 0 aliphatic carbocycles. The number of hydrogen-bond donors (Lipinski definition) is 0. The molecule has 0 radical (unpaired) electrons. The molecule has 1 aliphatic rings. The van der Waals surface area contributed by atoms with Gasteiger partial charge in [0.25, 0.3) is 0 Å². The molecule has 0 fully saturated rings. The minimum atomic E-state index is -0.107. The van der Waals surface area contributed by atoms with Crippen LogP contribution in [0.5, 0.6) is 0 Å². The van der Waals surface area contributed by atoms with Gasteiger partial charge in [-0.1, -0.05) is 40.5 Å². The molecular formula is C13H24O2. The highest BCUT2D eigenvalue weighted by molar-refractivity contribution is 4.99. The zero-order valence-corrected chi connectivity index (χ0v) is 10.7. The zero-order chi connectivity index (χ0) is 11.5. The van der Waals surface area contributed by atoms with Crippen LogP contribution in [0.25, 0.3) is 0 Å². The first-order chi connectivity index (χ1) is 6.93. The third-order valence-corrected chi connectivity index (χ3v) is 2.56. The Bertz CT molecular complexity index is 225. The van der Waals surface area contributed by atoms with Crippen molar-refractivity contribution in [3.05, 3.63) is 11.8 Å². The van der Waals surface area contributed by atoms with Crippen molar-refractivity contribution in [2.24, 2.45) is 5.41 Å². The Morgan fingerprint density at radius 2 is 2.00 bits per heavy atom. The molecule has 0 saturated heterocycles. The molecule has 1 heterocycles. The molecule has 0 saturated carbocycles. The number of ether oxygens (including phenoxy) is 2. The molecule has 0 spiro atoms. The van der Waals surface area contributed by atoms with Crippen LogP contribution in [0, 0.1) is 5.41 Å². The summed E-state index contributed by atoms with van der Waals surface area (Å²) in [6.45, 7) is 10.7. The van der Waals surface area contributed by atoms with Gasteiger partial charge in [0.15, 0.2) is 0 Å². The van der Waals surface area contributed by atoms with Gasteiger partial charge in [0.2, 0.25) is 6.29 Å². The summed E-state index contributed by atoms with van der Waals surface area (Å²) in [6, 6.07) is 0. The Kier molecular flexibility index (Phi) is 4.21. The molecule has 0 aromatic rings. The standard InChI is InChI=1S/C13H24O2/c1-6-7-8-11-9-10(2)14-12(15-11)13(3,4)5/h9,11-12H,6-8H2,1-5H3/t11-,12-/m1/s1. The van der Waals surface area contributed by atoms with Crippen LogP contribution < -0.4 is 0 Å². The molecule has 88 valence electrons. The summed E-state index contributed by atoms with van der Waals surface area (Å²) in [5.74, 6) is 1.00. The third kappa shape index (κ3) is 3.86. The molecule has 1 rings (SSSR count). The summed E-state index contributed by atoms with van der Waals surface area (Å²) in [4.78, 5) is 0. The molecule has 0 unspecified atom stereocenters. The molecule has 0 N–H and O–H groups in total. The maximum Gasteiger partial charge on any atom is 0.204 e. The van der Waals surface area contributed by atoms with E-state index in [-0.39, 0.29) is 17.8 Å². The molecule has 0 bridgehead atoms. The van der Waals surface area contributed by atoms with Crippen molar-refractivity contribution < 1.29 is 9.47 Å². The summed E-state index contributed by atoms with van der Waals surface area (Å²) in [7, 11) is 0. The Morgan fingerprint density at radius 1 is 1.33 bits per heavy atom. The average molecular weight is 212 g/mol. The molecule has 0 aromatic heterocycles. The van der Waals surface area contributed by atoms with Crippen LogP contribution in [0.15, 0.2) is 11.8 Å². The maximum absolute atomic E-state index is 5.92. The van der Waals surface area contributed by atoms with Crippen molar-refractivity contribution >= 4 is 0 Å². The van der Waals surface area contributed by atoms with Gasteiger partial charge in [-0.2, -0.15) is 0 Å². The summed E-state index contributed by atoms with van der Waals surface area (Å²) in [5, 5.41) is 0. The van der Waals surface area contributed by atoms with Gasteiger partial charge in [-0.15, -0.1) is 0 Å². The van der Waals surface area contributed by atoms with Gasteiger partial charge in [-0.25, -0.2) is 0 Å². The Morgan fingerprint density at radius 3 is 2.53 bits per heavy atom. The first-order valence-electron chi connectivity index (χ1n) is 5.94. The second kappa shape index (κ2) is 5.02. The van der Waals surface area contributed by atoms with Crippen molar-refractivity contribution in [2.75, 3.05) is 0 Å². The quantitative estimate of drug-likeness (QED) is 0.707. The van der Waals surface area contributed by atoms with E-state index in [1.54, 1.807) is 0 Å². The van der Waals surface area contributed by atoms with Crippen molar-refractivity contribution in [2.45, 2.75) is 66.3 Å². The predicted molar refractivity (Wildman–Crippen MR) is 62.5 cm³/mol. The van der Waals surface area contributed by atoms with E-state index in [1.807, 2.05) is 6.92 Å². The normalized spacial score (nSPS) is 27.1. The fourth-order valence-corrected chi connectivity index (χ4v) is 1.63. The van der Waals surface area contributed by atoms with E-state index in [0.29, 0.717) is 0 Å². The van der Waals surface area contributed by atoms with E-state index < -0.39 is 0 Å². The molecule has 0 amide bonds. The largest absolute Gasteiger partial charge is 0.469 e. The maximum atomic E-state index is 5.92. The van der Waals surface area contributed by atoms with E-state index in [4.69, 9.17) is 9.47 Å². The van der Waals surface area contributed by atoms with E-state index in [1.165, 1.54) is 12.8 Å². The van der Waals surface area contributed by atoms with Gasteiger partial charge in [0.1, 0.15) is 0 Å². The lowest BCUT2D eigenvalue weighted by Gasteiger charge is -2.36. The molecular weight excluding hydrogens is 188 g/mol. The van der Waals surface area contributed by atoms with Crippen LogP contribution in [0.3, 0.4) is 0 Å². The highest BCUT2D eigenvalue weighted by Gasteiger charge is 2.32. The second-order valence-corrected chi connectivity index (χ2v) is 5.41. The third-order valence-electron chi connectivity index (χ3n) is 2.56. The lowest BCUT2D eigenvalue weighted by atomic mass is 9.95. The summed E-state index contributed by atoms with van der Waals surface area (Å²) in [5.41, 5.74) is 0.0417. The number of rotatable bonds is 3. The van der Waals surface area contributed by atoms with Crippen molar-refractivity contribution in [1.29, 1.82) is 0 Å². The highest BCUT2D eigenvalue weighted by Crippen LogP contribution is 2.30. The van der Waals surface area contributed by atoms with Gasteiger partial charge in [0.05, 0.1) is 11.9 Å². The molecule has 1 aliphatic heterocycles. The summed E-state index contributed by atoms with van der Waals surface area (Å²) >= 11 is 0. The second-order valence-electron chi connectivity index (χ2n) is 5.41. The minimum Gasteiger partial charge on any atom is -0.469 e. The van der Waals surface area contributed by atoms with Gasteiger partial charge in [-0.3, -0.25) is 0 Å². The van der Waals surface area contributed by atoms with Crippen molar-refractivity contribution in [1.82, 2.24) is 0 Å². The fraction of sp³-hybridized carbons (Fsp3) is 0.846. The van der Waals surface area contributed by atoms with Crippen LogP contribution in [-0.4, -0.2) is 12.4 Å². The van der Waals surface area contributed by atoms with Gasteiger partial charge >= 0.3 is 0 Å². The molecule has 15 heavy (non-hydrogen) atoms. The lowest BCUT2D eigenvalue weighted by molar-refractivity contribution is -0.204. The lowest BCUT2D eigenvalue weighted by Crippen LogP contribution is -2.37. The monoisotopic (exact) mass is 212 g/mol. The topological polar surface area (TPSA) is 18.5 Å². The van der Waals surface area contributed by atoms with E-state index in [0.717, 1.165) is 12.2 Å². The Balaban J connectivity index is 2.58. The predicted octanol–water partition coefficient (Wildman–Crippen LogP) is 3.87. The summed E-state index contributed by atoms with van der Waals surface area (Å²) < 4.78 is 11.6. The molecule has 0 aromatic carbocycles. The van der Waals surface area contributed by atoms with Crippen molar-refractivity contribution in [3.63, 3.8) is 0 Å². The molecule has 2 heteroatoms. The van der Waals surface area contributed by atoms with Gasteiger partial charge in [-0.05, 0) is 19.4 Å². The molecule has 2 nitrogen and oxygen atoms in total. The first-order valence-corrected chi connectivity index (χ1v) is 5.94. The van der Waals surface area contributed by atoms with Crippen molar-refractivity contribution in [3.8, 4) is 0 Å². The minimum absolute atomic E-state index is 0.0417. The van der Waals surface area contributed by atoms with Crippen LogP contribution >= 0.6 is 0 Å². The van der Waals surface area contributed by atoms with Crippen LogP contribution in [0.2, 0.25) is 0 Å². The fourth-order valence-electron chi connectivity index (χ4n) is 1.63. The van der Waals surface area contributed by atoms with Crippen LogP contribution in [0.1, 0.15) is 53.9 Å². The Labute approximate surface area is 93.7 Å². The number of allylic oxidation sites excluding steroid dienone is 1. The summed E-state index contributed by atoms with van der Waals surface area (Å²) in [6.07, 6.45) is 5.76. The zero-order valence-electron chi connectivity index (χ0n) is 10.7. The SMILES string of the molecule is CCCC[C@@H]1C=C(C)O[C@@H](C(C)(C)C)O1. The van der Waals surface area contributed by atoms with E-state index >= 15 is 0 Å². The van der Waals surface area contributed by atoms with E-state index in [9.17, 15) is 0 Å². The van der Waals surface area contributed by atoms with Gasteiger partial charge < -0.3 is 9.47 Å². The van der Waals surface area contributed by atoms with Crippen LogP contribution in [0.4, 0.5) is 0 Å². The first kappa shape index (κ1) is 12.6. The number of unbranched alkanes of at least 4 members (excludes halogenated alkanes) is 1. The number of hydrogen-bond acceptors (Lipinski definition) is 2. The molecule has 2 atom stereocenters. The van der Waals surface area contributed by atoms with E-state index in [2.05, 4.69) is 33.8 Å². The smallest absolute Gasteiger partial charge is 0.204 e. The highest BCUT2D eigenvalue weighted by atomic mass is 16.7. The van der Waals surface area contributed by atoms with Gasteiger partial charge in [0, 0.05) is 5.41 Å².